The van der Waals surface area contributed by atoms with Crippen LogP contribution in [0.2, 0.25) is 0 Å². The third kappa shape index (κ3) is 1.42. The molecule has 0 aromatic carbocycles. The molecule has 2 aromatic rings. The van der Waals surface area contributed by atoms with Crippen molar-refractivity contribution in [2.45, 2.75) is 25.4 Å². The van der Waals surface area contributed by atoms with Gasteiger partial charge in [0.15, 0.2) is 5.82 Å². The minimum absolute atomic E-state index is 0.207. The molecule has 0 saturated carbocycles. The summed E-state index contributed by atoms with van der Waals surface area (Å²) in [5, 5.41) is 12.6. The third-order valence-corrected chi connectivity index (χ3v) is 2.95. The molecule has 84 valence electrons. The van der Waals surface area contributed by atoms with Crippen LogP contribution in [0.25, 0.3) is 11.4 Å². The lowest BCUT2D eigenvalue weighted by atomic mass is 10.1. The normalized spacial score (nSPS) is 19.8. The number of nitrogens with zero attached hydrogens (tertiary/aromatic N) is 5. The first kappa shape index (κ1) is 9.53. The molecule has 0 bridgehead atoms. The van der Waals surface area contributed by atoms with Crippen LogP contribution in [0, 0.1) is 0 Å². The van der Waals surface area contributed by atoms with Crippen molar-refractivity contribution in [2.24, 2.45) is 12.8 Å². The topological polar surface area (TPSA) is 74.5 Å². The molecule has 6 nitrogen and oxygen atoms in total. The van der Waals surface area contributed by atoms with Gasteiger partial charge in [0, 0.05) is 32.3 Å². The van der Waals surface area contributed by atoms with E-state index in [-0.39, 0.29) is 6.04 Å². The van der Waals surface area contributed by atoms with Gasteiger partial charge in [0.1, 0.15) is 5.82 Å². The quantitative estimate of drug-likeness (QED) is 0.728. The van der Waals surface area contributed by atoms with E-state index in [1.54, 1.807) is 10.9 Å². The number of aryl methyl sites for hydroxylation is 2. The van der Waals surface area contributed by atoms with Crippen LogP contribution in [-0.2, 0) is 20.0 Å². The molecular formula is C10H14N6. The first-order chi connectivity index (χ1) is 7.74. The van der Waals surface area contributed by atoms with Gasteiger partial charge in [-0.15, -0.1) is 10.2 Å². The van der Waals surface area contributed by atoms with Crippen molar-refractivity contribution in [1.82, 2.24) is 24.5 Å². The highest BCUT2D eigenvalue weighted by Crippen LogP contribution is 2.21. The van der Waals surface area contributed by atoms with Crippen molar-refractivity contribution >= 4 is 0 Å². The Balaban J connectivity index is 2.06. The van der Waals surface area contributed by atoms with Gasteiger partial charge in [-0.05, 0) is 6.42 Å². The van der Waals surface area contributed by atoms with Crippen molar-refractivity contribution in [2.75, 3.05) is 0 Å². The smallest absolute Gasteiger partial charge is 0.167 e. The fraction of sp³-hybridized carbons (Fsp3) is 0.500. The lowest BCUT2D eigenvalue weighted by Crippen LogP contribution is -2.32. The first-order valence-corrected chi connectivity index (χ1v) is 5.40. The molecule has 16 heavy (non-hydrogen) atoms. The Morgan fingerprint density at radius 3 is 3.06 bits per heavy atom. The summed E-state index contributed by atoms with van der Waals surface area (Å²) in [7, 11) is 1.89. The molecule has 0 spiro atoms. The molecule has 1 aliphatic heterocycles. The van der Waals surface area contributed by atoms with E-state index in [0.29, 0.717) is 0 Å². The maximum absolute atomic E-state index is 5.96. The van der Waals surface area contributed by atoms with Crippen molar-refractivity contribution in [1.29, 1.82) is 0 Å². The second-order valence-electron chi connectivity index (χ2n) is 4.25. The summed E-state index contributed by atoms with van der Waals surface area (Å²) < 4.78 is 3.87. The van der Waals surface area contributed by atoms with Gasteiger partial charge in [-0.1, -0.05) is 0 Å². The predicted molar refractivity (Wildman–Crippen MR) is 58.5 cm³/mol. The van der Waals surface area contributed by atoms with Crippen LogP contribution < -0.4 is 5.73 Å². The summed E-state index contributed by atoms with van der Waals surface area (Å²) in [6.45, 7) is 0.798. The monoisotopic (exact) mass is 218 g/mol. The van der Waals surface area contributed by atoms with Crippen LogP contribution in [-0.4, -0.2) is 30.6 Å². The molecule has 3 heterocycles. The number of fused-ring (bicyclic) bond motifs is 1. The standard InChI is InChI=1S/C10H14N6/c1-15-5-7(4-12-15)10-14-13-9-3-2-8(11)6-16(9)10/h4-5,8H,2-3,6,11H2,1H3. The van der Waals surface area contributed by atoms with Crippen LogP contribution in [0.5, 0.6) is 0 Å². The Kier molecular flexibility index (Phi) is 2.03. The first-order valence-electron chi connectivity index (χ1n) is 5.40. The summed E-state index contributed by atoms with van der Waals surface area (Å²) in [6, 6.07) is 0.207. The number of aromatic nitrogens is 5. The van der Waals surface area contributed by atoms with Crippen molar-refractivity contribution in [3.05, 3.63) is 18.2 Å². The van der Waals surface area contributed by atoms with Gasteiger partial charge in [-0.2, -0.15) is 5.10 Å². The van der Waals surface area contributed by atoms with E-state index in [0.717, 1.165) is 36.6 Å². The molecule has 0 amide bonds. The Hall–Kier alpha value is -1.69. The highest BCUT2D eigenvalue weighted by molar-refractivity contribution is 5.52. The van der Waals surface area contributed by atoms with E-state index >= 15 is 0 Å². The summed E-state index contributed by atoms with van der Waals surface area (Å²) in [6.07, 6.45) is 5.65. The van der Waals surface area contributed by atoms with Crippen LogP contribution in [0.1, 0.15) is 12.2 Å². The molecule has 1 atom stereocenters. The highest BCUT2D eigenvalue weighted by atomic mass is 15.3. The Labute approximate surface area is 93.1 Å². The number of hydrogen-bond acceptors (Lipinski definition) is 4. The zero-order valence-electron chi connectivity index (χ0n) is 9.17. The highest BCUT2D eigenvalue weighted by Gasteiger charge is 2.21. The summed E-state index contributed by atoms with van der Waals surface area (Å²) in [5.41, 5.74) is 6.96. The zero-order chi connectivity index (χ0) is 11.1. The predicted octanol–water partition coefficient (Wildman–Crippen LogP) is -0.0479. The fourth-order valence-electron chi connectivity index (χ4n) is 2.10. The van der Waals surface area contributed by atoms with Crippen LogP contribution in [0.4, 0.5) is 0 Å². The summed E-state index contributed by atoms with van der Waals surface area (Å²) in [4.78, 5) is 0. The van der Waals surface area contributed by atoms with Gasteiger partial charge >= 0.3 is 0 Å². The molecule has 0 saturated heterocycles. The molecule has 3 rings (SSSR count). The SMILES string of the molecule is Cn1cc(-c2nnc3n2CC(N)CC3)cn1. The molecule has 6 heteroatoms. The van der Waals surface area contributed by atoms with Crippen LogP contribution >= 0.6 is 0 Å². The Morgan fingerprint density at radius 1 is 1.44 bits per heavy atom. The summed E-state index contributed by atoms with van der Waals surface area (Å²) >= 11 is 0. The van der Waals surface area contributed by atoms with Gasteiger partial charge in [0.2, 0.25) is 0 Å². The van der Waals surface area contributed by atoms with Crippen LogP contribution in [0.3, 0.4) is 0 Å². The van der Waals surface area contributed by atoms with E-state index < -0.39 is 0 Å². The molecule has 2 N–H and O–H groups in total. The average Bonchev–Trinajstić information content (AvgIpc) is 2.83. The molecule has 1 aliphatic rings. The molecule has 0 aliphatic carbocycles. The van der Waals surface area contributed by atoms with Gasteiger partial charge in [0.05, 0.1) is 11.8 Å². The van der Waals surface area contributed by atoms with E-state index in [2.05, 4.69) is 19.9 Å². The Bertz CT molecular complexity index is 511. The molecule has 1 unspecified atom stereocenters. The minimum atomic E-state index is 0.207. The van der Waals surface area contributed by atoms with E-state index in [1.165, 1.54) is 0 Å². The largest absolute Gasteiger partial charge is 0.326 e. The van der Waals surface area contributed by atoms with E-state index in [4.69, 9.17) is 5.73 Å². The van der Waals surface area contributed by atoms with Crippen molar-refractivity contribution < 1.29 is 0 Å². The van der Waals surface area contributed by atoms with Crippen molar-refractivity contribution in [3.63, 3.8) is 0 Å². The second kappa shape index (κ2) is 3.41. The molecule has 0 fully saturated rings. The minimum Gasteiger partial charge on any atom is -0.326 e. The maximum atomic E-state index is 5.96. The fourth-order valence-corrected chi connectivity index (χ4v) is 2.10. The molecule has 2 aromatic heterocycles. The molecule has 0 radical (unpaired) electrons. The number of rotatable bonds is 1. The van der Waals surface area contributed by atoms with Gasteiger partial charge in [0.25, 0.3) is 0 Å². The van der Waals surface area contributed by atoms with Gasteiger partial charge in [-0.3, -0.25) is 4.68 Å². The van der Waals surface area contributed by atoms with Gasteiger partial charge in [-0.25, -0.2) is 0 Å². The Morgan fingerprint density at radius 2 is 2.31 bits per heavy atom. The second-order valence-corrected chi connectivity index (χ2v) is 4.25. The lowest BCUT2D eigenvalue weighted by Gasteiger charge is -2.20. The number of hydrogen-bond donors (Lipinski definition) is 1. The van der Waals surface area contributed by atoms with Crippen LogP contribution in [0.15, 0.2) is 12.4 Å². The van der Waals surface area contributed by atoms with E-state index in [9.17, 15) is 0 Å². The maximum Gasteiger partial charge on any atom is 0.167 e. The van der Waals surface area contributed by atoms with Crippen molar-refractivity contribution in [3.8, 4) is 11.4 Å². The van der Waals surface area contributed by atoms with Gasteiger partial charge < -0.3 is 10.3 Å². The third-order valence-electron chi connectivity index (χ3n) is 2.95. The summed E-state index contributed by atoms with van der Waals surface area (Å²) in [5.74, 6) is 1.90. The van der Waals surface area contributed by atoms with E-state index in [1.807, 2.05) is 13.2 Å². The average molecular weight is 218 g/mol. The lowest BCUT2D eigenvalue weighted by molar-refractivity contribution is 0.456. The number of nitrogens with two attached hydrogens (primary N) is 1. The molecular weight excluding hydrogens is 204 g/mol. The zero-order valence-corrected chi connectivity index (χ0v) is 9.17.